The highest BCUT2D eigenvalue weighted by molar-refractivity contribution is 7.08. The molecule has 1 aromatic carbocycles. The van der Waals surface area contributed by atoms with E-state index in [9.17, 15) is 9.18 Å². The lowest BCUT2D eigenvalue weighted by Crippen LogP contribution is -2.56. The maximum absolute atomic E-state index is 12.8. The summed E-state index contributed by atoms with van der Waals surface area (Å²) in [6.45, 7) is 1.24. The summed E-state index contributed by atoms with van der Waals surface area (Å²) >= 11 is 1.14. The fourth-order valence-corrected chi connectivity index (χ4v) is 2.81. The molecule has 2 heterocycles. The third-order valence-corrected chi connectivity index (χ3v) is 4.05. The van der Waals surface area contributed by atoms with Gasteiger partial charge >= 0.3 is 0 Å². The van der Waals surface area contributed by atoms with Gasteiger partial charge in [0.15, 0.2) is 0 Å². The smallest absolute Gasteiger partial charge is 0.265 e. The lowest BCUT2D eigenvalue weighted by atomic mass is 10.1. The molecule has 110 valence electrons. The monoisotopic (exact) mass is 307 g/mol. The molecule has 0 unspecified atom stereocenters. The number of amides is 1. The zero-order valence-electron chi connectivity index (χ0n) is 11.4. The first kappa shape index (κ1) is 13.8. The number of rotatable bonds is 4. The normalized spacial score (nSPS) is 14.7. The van der Waals surface area contributed by atoms with E-state index in [0.717, 1.165) is 17.2 Å². The van der Waals surface area contributed by atoms with Crippen LogP contribution in [0.4, 0.5) is 10.1 Å². The van der Waals surface area contributed by atoms with Crippen LogP contribution in [0.1, 0.15) is 9.67 Å². The summed E-state index contributed by atoms with van der Waals surface area (Å²) in [6.07, 6.45) is 0. The van der Waals surface area contributed by atoms with Crippen LogP contribution >= 0.6 is 11.5 Å². The molecule has 0 radical (unpaired) electrons. The van der Waals surface area contributed by atoms with Gasteiger partial charge in [-0.2, -0.15) is 4.37 Å². The average Bonchev–Trinajstić information content (AvgIpc) is 2.92. The molecule has 1 fully saturated rings. The minimum absolute atomic E-state index is 0.0343. The van der Waals surface area contributed by atoms with E-state index in [0.29, 0.717) is 23.8 Å². The molecule has 1 aliphatic heterocycles. The first-order valence-corrected chi connectivity index (χ1v) is 7.25. The van der Waals surface area contributed by atoms with Gasteiger partial charge in [0.2, 0.25) is 5.88 Å². The standard InChI is InChI=1S/C14H14FN3O2S/c1-20-13-6-12(21-17-13)14(19)18-7-11(8-18)16-10-4-2-9(15)3-5-10/h2-6,11,16H,7-8H2,1H3. The number of likely N-dealkylation sites (tertiary alicyclic amines) is 1. The highest BCUT2D eigenvalue weighted by Crippen LogP contribution is 2.22. The molecule has 0 bridgehead atoms. The van der Waals surface area contributed by atoms with Crippen LogP contribution in [0.25, 0.3) is 0 Å². The molecule has 7 heteroatoms. The number of hydrogen-bond donors (Lipinski definition) is 1. The maximum atomic E-state index is 12.8. The molecule has 0 aliphatic carbocycles. The number of ether oxygens (including phenoxy) is 1. The average molecular weight is 307 g/mol. The Hall–Kier alpha value is -2.15. The van der Waals surface area contributed by atoms with Gasteiger partial charge in [-0.25, -0.2) is 4.39 Å². The number of methoxy groups -OCH3 is 1. The number of nitrogens with one attached hydrogen (secondary N) is 1. The van der Waals surface area contributed by atoms with E-state index in [4.69, 9.17) is 4.74 Å². The summed E-state index contributed by atoms with van der Waals surface area (Å²) in [5, 5.41) is 3.26. The van der Waals surface area contributed by atoms with Gasteiger partial charge < -0.3 is 15.0 Å². The highest BCUT2D eigenvalue weighted by atomic mass is 32.1. The Labute approximate surface area is 125 Å². The van der Waals surface area contributed by atoms with Crippen molar-refractivity contribution in [1.29, 1.82) is 0 Å². The van der Waals surface area contributed by atoms with E-state index >= 15 is 0 Å². The van der Waals surface area contributed by atoms with Gasteiger partial charge in [-0.1, -0.05) is 0 Å². The first-order valence-electron chi connectivity index (χ1n) is 6.48. The third-order valence-electron chi connectivity index (χ3n) is 3.29. The van der Waals surface area contributed by atoms with Gasteiger partial charge in [-0.05, 0) is 35.8 Å². The van der Waals surface area contributed by atoms with E-state index < -0.39 is 0 Å². The number of anilines is 1. The van der Waals surface area contributed by atoms with Crippen molar-refractivity contribution < 1.29 is 13.9 Å². The molecule has 1 saturated heterocycles. The molecular weight excluding hydrogens is 293 g/mol. The van der Waals surface area contributed by atoms with Crippen molar-refractivity contribution >= 4 is 23.1 Å². The van der Waals surface area contributed by atoms with Crippen LogP contribution in [-0.4, -0.2) is 41.4 Å². The van der Waals surface area contributed by atoms with E-state index in [1.165, 1.54) is 19.2 Å². The number of hydrogen-bond acceptors (Lipinski definition) is 5. The van der Waals surface area contributed by atoms with Crippen molar-refractivity contribution in [3.05, 3.63) is 41.0 Å². The molecule has 0 saturated carbocycles. The van der Waals surface area contributed by atoms with Crippen molar-refractivity contribution in [1.82, 2.24) is 9.27 Å². The SMILES string of the molecule is COc1cc(C(=O)N2CC(Nc3ccc(F)cc3)C2)sn1. The first-order chi connectivity index (χ1) is 10.2. The van der Waals surface area contributed by atoms with Gasteiger partial charge in [-0.15, -0.1) is 0 Å². The van der Waals surface area contributed by atoms with Crippen LogP contribution in [-0.2, 0) is 0 Å². The van der Waals surface area contributed by atoms with Gasteiger partial charge in [0.1, 0.15) is 10.7 Å². The van der Waals surface area contributed by atoms with Crippen LogP contribution in [0.3, 0.4) is 0 Å². The molecule has 1 aliphatic rings. The van der Waals surface area contributed by atoms with Crippen LogP contribution in [0.15, 0.2) is 30.3 Å². The molecule has 0 atom stereocenters. The molecule has 5 nitrogen and oxygen atoms in total. The zero-order valence-corrected chi connectivity index (χ0v) is 12.2. The van der Waals surface area contributed by atoms with E-state index in [1.807, 2.05) is 0 Å². The third kappa shape index (κ3) is 2.97. The summed E-state index contributed by atoms with van der Waals surface area (Å²) in [6, 6.07) is 8.03. The van der Waals surface area contributed by atoms with Crippen molar-refractivity contribution in [3.8, 4) is 5.88 Å². The van der Waals surface area contributed by atoms with Crippen molar-refractivity contribution in [3.63, 3.8) is 0 Å². The van der Waals surface area contributed by atoms with E-state index in [2.05, 4.69) is 9.69 Å². The number of carbonyl (C=O) groups is 1. The van der Waals surface area contributed by atoms with E-state index in [-0.39, 0.29) is 17.8 Å². The summed E-state index contributed by atoms with van der Waals surface area (Å²) in [5.74, 6) is 0.169. The lowest BCUT2D eigenvalue weighted by molar-refractivity contribution is 0.0630. The Morgan fingerprint density at radius 3 is 2.76 bits per heavy atom. The molecule has 1 amide bonds. The quantitative estimate of drug-likeness (QED) is 0.941. The fraction of sp³-hybridized carbons (Fsp3) is 0.286. The number of nitrogens with zero attached hydrogens (tertiary/aromatic N) is 2. The molecule has 1 N–H and O–H groups in total. The van der Waals surface area contributed by atoms with Gasteiger partial charge in [0.25, 0.3) is 5.91 Å². The van der Waals surface area contributed by atoms with Gasteiger partial charge in [0, 0.05) is 24.8 Å². The van der Waals surface area contributed by atoms with Crippen molar-refractivity contribution in [2.75, 3.05) is 25.5 Å². The van der Waals surface area contributed by atoms with Gasteiger partial charge in [0.05, 0.1) is 13.2 Å². The van der Waals surface area contributed by atoms with Crippen LogP contribution in [0.5, 0.6) is 5.88 Å². The number of aromatic nitrogens is 1. The zero-order chi connectivity index (χ0) is 14.8. The second-order valence-electron chi connectivity index (χ2n) is 4.79. The molecule has 0 spiro atoms. The van der Waals surface area contributed by atoms with E-state index in [1.54, 1.807) is 23.1 Å². The van der Waals surface area contributed by atoms with Crippen LogP contribution in [0.2, 0.25) is 0 Å². The molecular formula is C14H14FN3O2S. The Balaban J connectivity index is 1.53. The van der Waals surface area contributed by atoms with Gasteiger partial charge in [-0.3, -0.25) is 4.79 Å². The Morgan fingerprint density at radius 1 is 1.43 bits per heavy atom. The fourth-order valence-electron chi connectivity index (χ4n) is 2.13. The summed E-state index contributed by atoms with van der Waals surface area (Å²) in [5.41, 5.74) is 0.855. The summed E-state index contributed by atoms with van der Waals surface area (Å²) < 4.78 is 21.8. The molecule has 3 rings (SSSR count). The summed E-state index contributed by atoms with van der Waals surface area (Å²) in [7, 11) is 1.52. The number of halogens is 1. The Morgan fingerprint density at radius 2 is 2.14 bits per heavy atom. The predicted octanol–water partition coefficient (Wildman–Crippen LogP) is 2.23. The maximum Gasteiger partial charge on any atom is 0.265 e. The highest BCUT2D eigenvalue weighted by Gasteiger charge is 2.32. The second kappa shape index (κ2) is 5.69. The Kier molecular flexibility index (Phi) is 3.74. The van der Waals surface area contributed by atoms with Crippen LogP contribution < -0.4 is 10.1 Å². The number of carbonyl (C=O) groups excluding carboxylic acids is 1. The van der Waals surface area contributed by atoms with Crippen molar-refractivity contribution in [2.24, 2.45) is 0 Å². The topological polar surface area (TPSA) is 54.5 Å². The molecule has 2 aromatic rings. The van der Waals surface area contributed by atoms with Crippen molar-refractivity contribution in [2.45, 2.75) is 6.04 Å². The largest absolute Gasteiger partial charge is 0.480 e. The minimum Gasteiger partial charge on any atom is -0.480 e. The number of benzene rings is 1. The predicted molar refractivity (Wildman–Crippen MR) is 78.4 cm³/mol. The lowest BCUT2D eigenvalue weighted by Gasteiger charge is -2.39. The molecule has 1 aromatic heterocycles. The second-order valence-corrected chi connectivity index (χ2v) is 5.60. The Bertz CT molecular complexity index is 638. The van der Waals surface area contributed by atoms with Crippen LogP contribution in [0, 0.1) is 5.82 Å². The molecule has 21 heavy (non-hydrogen) atoms. The summed E-state index contributed by atoms with van der Waals surface area (Å²) in [4.78, 5) is 14.5. The minimum atomic E-state index is -0.259.